The standard InChI is InChI=1S/C6H8BrNOS/c1-4-5(2-3-9)8-6(7)10-4/h9H,2-3H2,1H3. The third kappa shape index (κ3) is 1.78. The second-order valence-electron chi connectivity index (χ2n) is 1.94. The molecular formula is C6H8BrNOS. The number of aromatic nitrogens is 1. The maximum atomic E-state index is 8.60. The Balaban J connectivity index is 2.81. The number of aliphatic hydroxyl groups excluding tert-OH is 1. The number of hydrogen-bond donors (Lipinski definition) is 1. The topological polar surface area (TPSA) is 33.1 Å². The van der Waals surface area contributed by atoms with Crippen molar-refractivity contribution in [1.29, 1.82) is 0 Å². The van der Waals surface area contributed by atoms with Gasteiger partial charge in [-0.15, -0.1) is 11.3 Å². The average Bonchev–Trinajstić information content (AvgIpc) is 2.13. The fourth-order valence-electron chi connectivity index (χ4n) is 0.731. The van der Waals surface area contributed by atoms with E-state index in [1.165, 1.54) is 4.88 Å². The van der Waals surface area contributed by atoms with Crippen molar-refractivity contribution in [3.05, 3.63) is 14.5 Å². The minimum absolute atomic E-state index is 0.178. The number of hydrogen-bond acceptors (Lipinski definition) is 3. The van der Waals surface area contributed by atoms with Crippen molar-refractivity contribution in [2.45, 2.75) is 13.3 Å². The van der Waals surface area contributed by atoms with E-state index in [1.807, 2.05) is 6.92 Å². The molecule has 0 amide bonds. The third-order valence-electron chi connectivity index (χ3n) is 1.22. The summed E-state index contributed by atoms with van der Waals surface area (Å²) in [5.74, 6) is 0. The molecule has 0 unspecified atom stereocenters. The molecule has 0 saturated carbocycles. The van der Waals surface area contributed by atoms with Crippen LogP contribution in [0.1, 0.15) is 10.6 Å². The lowest BCUT2D eigenvalue weighted by molar-refractivity contribution is 0.298. The van der Waals surface area contributed by atoms with Crippen LogP contribution in [0.4, 0.5) is 0 Å². The summed E-state index contributed by atoms with van der Waals surface area (Å²) in [7, 11) is 0. The Morgan fingerprint density at radius 3 is 2.80 bits per heavy atom. The van der Waals surface area contributed by atoms with Crippen molar-refractivity contribution in [3.63, 3.8) is 0 Å². The third-order valence-corrected chi connectivity index (χ3v) is 2.68. The van der Waals surface area contributed by atoms with Gasteiger partial charge in [0.25, 0.3) is 0 Å². The Bertz CT molecular complexity index is 224. The van der Waals surface area contributed by atoms with Crippen molar-refractivity contribution < 1.29 is 5.11 Å². The molecule has 2 nitrogen and oxygen atoms in total. The highest BCUT2D eigenvalue weighted by atomic mass is 79.9. The quantitative estimate of drug-likeness (QED) is 0.826. The monoisotopic (exact) mass is 221 g/mol. The van der Waals surface area contributed by atoms with E-state index in [-0.39, 0.29) is 6.61 Å². The molecule has 1 aromatic heterocycles. The van der Waals surface area contributed by atoms with Gasteiger partial charge in [0.1, 0.15) is 0 Å². The number of rotatable bonds is 2. The molecule has 0 fully saturated rings. The van der Waals surface area contributed by atoms with E-state index >= 15 is 0 Å². The van der Waals surface area contributed by atoms with Crippen molar-refractivity contribution in [1.82, 2.24) is 4.98 Å². The maximum Gasteiger partial charge on any atom is 0.159 e. The number of aryl methyl sites for hydroxylation is 1. The fraction of sp³-hybridized carbons (Fsp3) is 0.500. The highest BCUT2D eigenvalue weighted by molar-refractivity contribution is 9.11. The summed E-state index contributed by atoms with van der Waals surface area (Å²) in [5, 5.41) is 8.60. The molecule has 0 saturated heterocycles. The summed E-state index contributed by atoms with van der Waals surface area (Å²) in [4.78, 5) is 5.36. The van der Waals surface area contributed by atoms with Gasteiger partial charge in [0, 0.05) is 17.9 Å². The molecule has 0 radical (unpaired) electrons. The molecule has 1 heterocycles. The van der Waals surface area contributed by atoms with E-state index in [2.05, 4.69) is 20.9 Å². The Hall–Kier alpha value is 0.0700. The molecule has 10 heavy (non-hydrogen) atoms. The molecule has 1 N–H and O–H groups in total. The minimum Gasteiger partial charge on any atom is -0.396 e. The largest absolute Gasteiger partial charge is 0.396 e. The van der Waals surface area contributed by atoms with Crippen LogP contribution < -0.4 is 0 Å². The minimum atomic E-state index is 0.178. The first kappa shape index (κ1) is 8.17. The molecule has 0 aliphatic carbocycles. The molecule has 0 aliphatic heterocycles. The molecule has 56 valence electrons. The van der Waals surface area contributed by atoms with E-state index in [1.54, 1.807) is 11.3 Å². The van der Waals surface area contributed by atoms with Gasteiger partial charge in [-0.1, -0.05) is 0 Å². The van der Waals surface area contributed by atoms with Crippen LogP contribution in [0.5, 0.6) is 0 Å². The molecule has 0 spiro atoms. The lowest BCUT2D eigenvalue weighted by atomic mass is 10.3. The van der Waals surface area contributed by atoms with Gasteiger partial charge in [-0.25, -0.2) is 4.98 Å². The highest BCUT2D eigenvalue weighted by Gasteiger charge is 2.03. The van der Waals surface area contributed by atoms with Crippen molar-refractivity contribution in [2.75, 3.05) is 6.61 Å². The van der Waals surface area contributed by atoms with Crippen LogP contribution in [0.15, 0.2) is 3.92 Å². The molecule has 0 bridgehead atoms. The lowest BCUT2D eigenvalue weighted by Gasteiger charge is -1.90. The summed E-state index contributed by atoms with van der Waals surface area (Å²) in [6.45, 7) is 2.18. The van der Waals surface area contributed by atoms with Crippen LogP contribution >= 0.6 is 27.3 Å². The van der Waals surface area contributed by atoms with Crippen LogP contribution in [0.3, 0.4) is 0 Å². The lowest BCUT2D eigenvalue weighted by Crippen LogP contribution is -1.91. The van der Waals surface area contributed by atoms with E-state index in [9.17, 15) is 0 Å². The Kier molecular flexibility index (Phi) is 2.82. The number of nitrogens with zero attached hydrogens (tertiary/aromatic N) is 1. The van der Waals surface area contributed by atoms with E-state index in [0.29, 0.717) is 6.42 Å². The highest BCUT2D eigenvalue weighted by Crippen LogP contribution is 2.22. The fourth-order valence-corrected chi connectivity index (χ4v) is 2.35. The van der Waals surface area contributed by atoms with Gasteiger partial charge in [-0.2, -0.15) is 0 Å². The van der Waals surface area contributed by atoms with Gasteiger partial charge in [0.05, 0.1) is 5.69 Å². The van der Waals surface area contributed by atoms with E-state index < -0.39 is 0 Å². The molecule has 1 rings (SSSR count). The molecular weight excluding hydrogens is 214 g/mol. The predicted octanol–water partition coefficient (Wildman–Crippen LogP) is 1.75. The smallest absolute Gasteiger partial charge is 0.159 e. The summed E-state index contributed by atoms with van der Waals surface area (Å²) < 4.78 is 0.897. The van der Waals surface area contributed by atoms with Crippen molar-refractivity contribution >= 4 is 27.3 Å². The van der Waals surface area contributed by atoms with Gasteiger partial charge in [0.15, 0.2) is 3.92 Å². The van der Waals surface area contributed by atoms with Gasteiger partial charge >= 0.3 is 0 Å². The summed E-state index contributed by atoms with van der Waals surface area (Å²) in [6.07, 6.45) is 0.661. The zero-order valence-electron chi connectivity index (χ0n) is 5.59. The van der Waals surface area contributed by atoms with Gasteiger partial charge in [0.2, 0.25) is 0 Å². The second kappa shape index (κ2) is 3.46. The van der Waals surface area contributed by atoms with Crippen molar-refractivity contribution in [2.24, 2.45) is 0 Å². The second-order valence-corrected chi connectivity index (χ2v) is 4.42. The first-order valence-corrected chi connectivity index (χ1v) is 4.57. The molecule has 0 aliphatic rings. The van der Waals surface area contributed by atoms with Crippen LogP contribution in [-0.2, 0) is 6.42 Å². The Morgan fingerprint density at radius 1 is 1.70 bits per heavy atom. The van der Waals surface area contributed by atoms with Gasteiger partial charge < -0.3 is 5.11 Å². The summed E-state index contributed by atoms with van der Waals surface area (Å²) in [6, 6.07) is 0. The summed E-state index contributed by atoms with van der Waals surface area (Å²) >= 11 is 4.88. The summed E-state index contributed by atoms with van der Waals surface area (Å²) in [5.41, 5.74) is 0.999. The number of halogens is 1. The first-order valence-electron chi connectivity index (χ1n) is 2.96. The normalized spacial score (nSPS) is 10.3. The average molecular weight is 222 g/mol. The molecule has 4 heteroatoms. The predicted molar refractivity (Wildman–Crippen MR) is 45.3 cm³/mol. The van der Waals surface area contributed by atoms with E-state index in [4.69, 9.17) is 5.11 Å². The molecule has 1 aromatic rings. The number of aliphatic hydroxyl groups is 1. The molecule has 0 aromatic carbocycles. The first-order chi connectivity index (χ1) is 4.74. The van der Waals surface area contributed by atoms with E-state index in [0.717, 1.165) is 9.61 Å². The maximum absolute atomic E-state index is 8.60. The van der Waals surface area contributed by atoms with Crippen LogP contribution in [0, 0.1) is 6.92 Å². The Labute approximate surface area is 72.0 Å². The zero-order chi connectivity index (χ0) is 7.56. The molecule has 0 atom stereocenters. The van der Waals surface area contributed by atoms with Crippen LogP contribution in [0.2, 0.25) is 0 Å². The SMILES string of the molecule is Cc1sc(Br)nc1CCO. The number of thiazole rings is 1. The van der Waals surface area contributed by atoms with Crippen LogP contribution in [0.25, 0.3) is 0 Å². The van der Waals surface area contributed by atoms with Crippen LogP contribution in [-0.4, -0.2) is 16.7 Å². The zero-order valence-corrected chi connectivity index (χ0v) is 8.00. The van der Waals surface area contributed by atoms with Crippen molar-refractivity contribution in [3.8, 4) is 0 Å². The van der Waals surface area contributed by atoms with Gasteiger partial charge in [-0.3, -0.25) is 0 Å². The Morgan fingerprint density at radius 2 is 2.40 bits per heavy atom. The van der Waals surface area contributed by atoms with Gasteiger partial charge in [-0.05, 0) is 22.9 Å².